The van der Waals surface area contributed by atoms with Crippen LogP contribution in [0, 0.1) is 13.8 Å². The number of aryl methyl sites for hydroxylation is 2. The lowest BCUT2D eigenvalue weighted by molar-refractivity contribution is -0.141. The van der Waals surface area contributed by atoms with Gasteiger partial charge in [0.05, 0.1) is 61.9 Å². The Balaban J connectivity index is 0.965. The second-order valence-corrected chi connectivity index (χ2v) is 16.2. The average molecular weight is 963 g/mol. The molecule has 0 aliphatic heterocycles. The highest BCUT2D eigenvalue weighted by Gasteiger charge is 2.59. The number of nitrogens with one attached hydrogen (secondary N) is 2. The van der Waals surface area contributed by atoms with E-state index >= 15 is 4.39 Å². The molecule has 0 amide bonds. The van der Waals surface area contributed by atoms with E-state index in [0.29, 0.717) is 44.8 Å². The van der Waals surface area contributed by atoms with Gasteiger partial charge in [0.2, 0.25) is 0 Å². The van der Waals surface area contributed by atoms with Crippen LogP contribution in [0.15, 0.2) is 60.9 Å². The molecule has 2 fully saturated rings. The lowest BCUT2D eigenvalue weighted by atomic mass is 10.0. The average Bonchev–Trinajstić information content (AvgIpc) is 4.14. The minimum absolute atomic E-state index is 0.0221. The van der Waals surface area contributed by atoms with E-state index in [1.54, 1.807) is 32.0 Å². The fourth-order valence-electron chi connectivity index (χ4n) is 7.49. The SMILES string of the molecule is COc1cc2nc(C)nc(N[C@H](CC3(F)CC3OCCOc3cc4c(NCc5ccnc(C(F)(F)F)c5)nc(C)nc4cc3OC)c3cc(C(F)(F)F)ccn3)c2cc1OCCOC1CC1(F)F. The molecular weight excluding hydrogens is 920 g/mol. The molecule has 2 aliphatic carbocycles. The maximum atomic E-state index is 16.7. The second kappa shape index (κ2) is 18.9. The van der Waals surface area contributed by atoms with Crippen molar-refractivity contribution >= 4 is 33.4 Å². The summed E-state index contributed by atoms with van der Waals surface area (Å²) < 4.78 is 159. The summed E-state index contributed by atoms with van der Waals surface area (Å²) in [5.41, 5.74) is -3.09. The predicted molar refractivity (Wildman–Crippen MR) is 227 cm³/mol. The molecule has 2 aromatic carbocycles. The quantitative estimate of drug-likeness (QED) is 0.0551. The molecule has 3 unspecified atom stereocenters. The standard InChI is InChI=1S/C45H43F9N8O6/c1-23-58-29-17-33(63-3)35(15-27(29)40(60-23)57-22-25-5-7-56-37(13-25)45(52,53)54)65-9-11-67-38-20-42(38,46)19-32(31-14-26(6-8-55-31)44(49,50)51)62-41-28-16-36(66-10-12-68-39-21-43(39,47)48)34(64-4)18-30(28)59-24(2)61-41/h5-8,13-18,32,38-39H,9-12,19-22H2,1-4H3,(H,57,58,60)(H,59,61,62)/t32-,38?,39?,42?/m1/s1. The molecule has 0 bridgehead atoms. The lowest BCUT2D eigenvalue weighted by Crippen LogP contribution is -2.23. The van der Waals surface area contributed by atoms with Crippen LogP contribution in [0.1, 0.15) is 59.5 Å². The molecule has 2 N–H and O–H groups in total. The van der Waals surface area contributed by atoms with Gasteiger partial charge in [-0.25, -0.2) is 33.1 Å². The summed E-state index contributed by atoms with van der Waals surface area (Å²) in [6, 6.07) is 9.07. The van der Waals surface area contributed by atoms with Gasteiger partial charge in [-0.1, -0.05) is 0 Å². The zero-order valence-corrected chi connectivity index (χ0v) is 36.7. The normalized spacial score (nSPS) is 19.1. The lowest BCUT2D eigenvalue weighted by Gasteiger charge is -2.23. The van der Waals surface area contributed by atoms with Gasteiger partial charge in [0.1, 0.15) is 54.0 Å². The molecule has 2 aliphatic rings. The summed E-state index contributed by atoms with van der Waals surface area (Å²) in [6.07, 6.45) is -10.3. The number of pyridine rings is 2. The van der Waals surface area contributed by atoms with Gasteiger partial charge in [-0.05, 0) is 55.8 Å². The van der Waals surface area contributed by atoms with Gasteiger partial charge in [0, 0.05) is 61.1 Å². The van der Waals surface area contributed by atoms with Gasteiger partial charge >= 0.3 is 12.4 Å². The Labute approximate surface area is 381 Å². The van der Waals surface area contributed by atoms with Gasteiger partial charge < -0.3 is 39.1 Å². The van der Waals surface area contributed by atoms with Crippen LogP contribution in [-0.4, -0.2) is 94.4 Å². The van der Waals surface area contributed by atoms with E-state index in [0.717, 1.165) is 30.6 Å². The highest BCUT2D eigenvalue weighted by atomic mass is 19.4. The Hall–Kier alpha value is -6.49. The Morgan fingerprint density at radius 1 is 0.662 bits per heavy atom. The van der Waals surface area contributed by atoms with Gasteiger partial charge in [0.15, 0.2) is 23.0 Å². The third kappa shape index (κ3) is 11.1. The van der Waals surface area contributed by atoms with Crippen molar-refractivity contribution in [1.82, 2.24) is 29.9 Å². The van der Waals surface area contributed by atoms with Crippen molar-refractivity contribution in [2.75, 3.05) is 51.3 Å². The summed E-state index contributed by atoms with van der Waals surface area (Å²) in [4.78, 5) is 25.5. The van der Waals surface area contributed by atoms with Gasteiger partial charge in [-0.15, -0.1) is 0 Å². The number of fused-ring (bicyclic) bond motifs is 2. The molecule has 4 atom stereocenters. The number of benzene rings is 2. The van der Waals surface area contributed by atoms with Crippen molar-refractivity contribution in [3.05, 3.63) is 95.1 Å². The second-order valence-electron chi connectivity index (χ2n) is 16.2. The Morgan fingerprint density at radius 3 is 1.81 bits per heavy atom. The van der Waals surface area contributed by atoms with E-state index in [2.05, 4.69) is 40.5 Å². The van der Waals surface area contributed by atoms with E-state index in [1.165, 1.54) is 26.4 Å². The number of alkyl halides is 9. The summed E-state index contributed by atoms with van der Waals surface area (Å²) in [5.74, 6) is -0.869. The molecule has 0 radical (unpaired) electrons. The highest BCUT2D eigenvalue weighted by molar-refractivity contribution is 5.93. The first-order valence-electron chi connectivity index (χ1n) is 21.1. The van der Waals surface area contributed by atoms with Crippen LogP contribution in [0.4, 0.5) is 51.1 Å². The van der Waals surface area contributed by atoms with E-state index in [4.69, 9.17) is 28.4 Å². The van der Waals surface area contributed by atoms with Crippen molar-refractivity contribution in [3.63, 3.8) is 0 Å². The number of aromatic nitrogens is 6. The van der Waals surface area contributed by atoms with Crippen molar-refractivity contribution in [3.8, 4) is 23.0 Å². The number of halogens is 9. The van der Waals surface area contributed by atoms with Gasteiger partial charge in [-0.2, -0.15) is 26.3 Å². The van der Waals surface area contributed by atoms with Crippen molar-refractivity contribution in [2.24, 2.45) is 0 Å². The van der Waals surface area contributed by atoms with Crippen molar-refractivity contribution in [1.29, 1.82) is 0 Å². The Morgan fingerprint density at radius 2 is 1.24 bits per heavy atom. The molecule has 4 aromatic heterocycles. The third-order valence-corrected chi connectivity index (χ3v) is 11.1. The zero-order valence-electron chi connectivity index (χ0n) is 36.7. The van der Waals surface area contributed by atoms with Crippen LogP contribution >= 0.6 is 0 Å². The van der Waals surface area contributed by atoms with Crippen LogP contribution in [0.5, 0.6) is 23.0 Å². The first-order valence-corrected chi connectivity index (χ1v) is 21.1. The van der Waals surface area contributed by atoms with Gasteiger partial charge in [-0.3, -0.25) is 9.97 Å². The summed E-state index contributed by atoms with van der Waals surface area (Å²) >= 11 is 0. The summed E-state index contributed by atoms with van der Waals surface area (Å²) in [7, 11) is 2.81. The first-order chi connectivity index (χ1) is 32.2. The number of anilines is 2. The smallest absolute Gasteiger partial charge is 0.433 e. The molecule has 14 nitrogen and oxygen atoms in total. The number of methoxy groups -OCH3 is 2. The fourth-order valence-corrected chi connectivity index (χ4v) is 7.49. The predicted octanol–water partition coefficient (Wildman–Crippen LogP) is 9.57. The zero-order chi connectivity index (χ0) is 48.6. The molecule has 8 rings (SSSR count). The topological polar surface area (TPSA) is 157 Å². The Kier molecular flexibility index (Phi) is 13.3. The molecule has 23 heteroatoms. The van der Waals surface area contributed by atoms with Crippen molar-refractivity contribution < 1.29 is 67.9 Å². The molecule has 68 heavy (non-hydrogen) atoms. The number of ether oxygens (including phenoxy) is 6. The fraction of sp³-hybridized carbons (Fsp3) is 0.422. The maximum absolute atomic E-state index is 16.7. The molecular formula is C45H43F9N8O6. The molecule has 2 saturated carbocycles. The van der Waals surface area contributed by atoms with Crippen LogP contribution in [-0.2, 0) is 28.4 Å². The number of hydrogen-bond acceptors (Lipinski definition) is 14. The van der Waals surface area contributed by atoms with E-state index in [1.807, 2.05) is 0 Å². The number of nitrogens with zero attached hydrogens (tertiary/aromatic N) is 6. The monoisotopic (exact) mass is 962 g/mol. The summed E-state index contributed by atoms with van der Waals surface area (Å²) in [6.45, 7) is 2.74. The third-order valence-electron chi connectivity index (χ3n) is 11.1. The molecule has 4 heterocycles. The number of rotatable bonds is 20. The number of hydrogen-bond donors (Lipinski definition) is 2. The molecule has 362 valence electrons. The van der Waals surface area contributed by atoms with Crippen LogP contribution < -0.4 is 29.6 Å². The molecule has 0 saturated heterocycles. The van der Waals surface area contributed by atoms with E-state index in [9.17, 15) is 35.1 Å². The van der Waals surface area contributed by atoms with E-state index in [-0.39, 0.29) is 80.4 Å². The van der Waals surface area contributed by atoms with Crippen LogP contribution in [0.3, 0.4) is 0 Å². The highest BCUT2D eigenvalue weighted by Crippen LogP contribution is 2.50. The maximum Gasteiger partial charge on any atom is 0.433 e. The summed E-state index contributed by atoms with van der Waals surface area (Å²) in [5, 5.41) is 6.96. The van der Waals surface area contributed by atoms with Gasteiger partial charge in [0.25, 0.3) is 5.92 Å². The van der Waals surface area contributed by atoms with Crippen LogP contribution in [0.2, 0.25) is 0 Å². The largest absolute Gasteiger partial charge is 0.493 e. The van der Waals surface area contributed by atoms with E-state index < -0.39 is 59.9 Å². The minimum Gasteiger partial charge on any atom is -0.493 e. The minimum atomic E-state index is -4.73. The van der Waals surface area contributed by atoms with Crippen LogP contribution in [0.25, 0.3) is 21.8 Å². The first kappa shape index (κ1) is 48.0. The van der Waals surface area contributed by atoms with Crippen molar-refractivity contribution in [2.45, 2.75) is 81.8 Å². The molecule has 6 aromatic rings. The molecule has 0 spiro atoms. The Bertz CT molecular complexity index is 2800.